The van der Waals surface area contributed by atoms with Crippen molar-refractivity contribution in [1.29, 1.82) is 0 Å². The molecular weight excluding hydrogens is 504 g/mol. The SMILES string of the molecule is CCOc1ccccc1NC1=Nc2ccccc2N2C1=Nc1c(c(C)nn1-c1ccccc1)C2c1cccs1. The van der Waals surface area contributed by atoms with E-state index in [9.17, 15) is 0 Å². The number of aryl methyl sites for hydroxylation is 1. The molecule has 1 atom stereocenters. The van der Waals surface area contributed by atoms with E-state index in [0.717, 1.165) is 51.4 Å². The van der Waals surface area contributed by atoms with Crippen LogP contribution in [0.4, 0.5) is 22.9 Å². The first kappa shape index (κ1) is 23.4. The molecule has 0 radical (unpaired) electrons. The van der Waals surface area contributed by atoms with E-state index in [2.05, 4.69) is 58.9 Å². The van der Waals surface area contributed by atoms with E-state index in [1.165, 1.54) is 4.88 Å². The molecule has 2 aromatic heterocycles. The number of hydrogen-bond acceptors (Lipinski definition) is 7. The van der Waals surface area contributed by atoms with Gasteiger partial charge in [0.2, 0.25) is 0 Å². The van der Waals surface area contributed by atoms with Crippen LogP contribution in [0.15, 0.2) is 106 Å². The Morgan fingerprint density at radius 2 is 1.69 bits per heavy atom. The lowest BCUT2D eigenvalue weighted by atomic mass is 9.98. The molecule has 0 aliphatic carbocycles. The number of nitrogens with one attached hydrogen (secondary N) is 1. The van der Waals surface area contributed by atoms with E-state index in [-0.39, 0.29) is 6.04 Å². The number of nitrogens with zero attached hydrogens (tertiary/aromatic N) is 5. The fraction of sp³-hybridized carbons (Fsp3) is 0.129. The first-order valence-corrected chi connectivity index (χ1v) is 13.8. The maximum atomic E-state index is 5.92. The van der Waals surface area contributed by atoms with Crippen molar-refractivity contribution in [2.45, 2.75) is 19.9 Å². The quantitative estimate of drug-likeness (QED) is 0.256. The highest BCUT2D eigenvalue weighted by Crippen LogP contribution is 2.49. The molecule has 5 aromatic rings. The van der Waals surface area contributed by atoms with Gasteiger partial charge in [0.15, 0.2) is 17.5 Å². The smallest absolute Gasteiger partial charge is 0.179 e. The number of amidine groups is 2. The second-order valence-electron chi connectivity index (χ2n) is 9.30. The average Bonchev–Trinajstić information content (AvgIpc) is 3.62. The zero-order chi connectivity index (χ0) is 26.3. The molecule has 1 unspecified atom stereocenters. The normalized spacial score (nSPS) is 15.5. The minimum absolute atomic E-state index is 0.111. The summed E-state index contributed by atoms with van der Waals surface area (Å²) in [6.45, 7) is 4.62. The third-order valence-electron chi connectivity index (χ3n) is 6.89. The summed E-state index contributed by atoms with van der Waals surface area (Å²) in [6, 6.07) is 30.5. The zero-order valence-electron chi connectivity index (χ0n) is 21.6. The lowest BCUT2D eigenvalue weighted by Crippen LogP contribution is -2.46. The van der Waals surface area contributed by atoms with Gasteiger partial charge in [-0.25, -0.2) is 14.7 Å². The Kier molecular flexibility index (Phi) is 5.74. The Hall–Kier alpha value is -4.69. The van der Waals surface area contributed by atoms with Gasteiger partial charge in [-0.3, -0.25) is 0 Å². The molecule has 4 heterocycles. The predicted molar refractivity (Wildman–Crippen MR) is 159 cm³/mol. The van der Waals surface area contributed by atoms with E-state index in [1.807, 2.05) is 66.2 Å². The lowest BCUT2D eigenvalue weighted by molar-refractivity contribution is 0.342. The second kappa shape index (κ2) is 9.56. The van der Waals surface area contributed by atoms with Gasteiger partial charge in [0.05, 0.1) is 35.1 Å². The molecule has 39 heavy (non-hydrogen) atoms. The van der Waals surface area contributed by atoms with Gasteiger partial charge in [-0.05, 0) is 61.7 Å². The number of aliphatic imine (C=N–C) groups is 2. The number of benzene rings is 3. The standard InChI is InChI=1S/C31H26N6OS/c1-3-38-25-17-10-8-15-23(25)33-29-31-34-30-27(20(2)35-37(30)21-12-5-4-6-13-21)28(26-18-11-19-39-26)36(31)24-16-9-7-14-22(24)32-29/h4-19,28H,3H2,1-2H3,(H,32,33). The molecule has 8 heteroatoms. The first-order chi connectivity index (χ1) is 19.2. The molecule has 2 aliphatic rings. The number of anilines is 2. The van der Waals surface area contributed by atoms with Gasteiger partial charge in [-0.2, -0.15) is 5.10 Å². The van der Waals surface area contributed by atoms with Crippen molar-refractivity contribution in [1.82, 2.24) is 9.78 Å². The van der Waals surface area contributed by atoms with Crippen molar-refractivity contribution in [3.8, 4) is 11.4 Å². The molecule has 0 saturated carbocycles. The summed E-state index contributed by atoms with van der Waals surface area (Å²) in [6.07, 6.45) is 0. The minimum atomic E-state index is -0.111. The number of aromatic nitrogens is 2. The van der Waals surface area contributed by atoms with Crippen molar-refractivity contribution in [2.24, 2.45) is 9.98 Å². The van der Waals surface area contributed by atoms with Gasteiger partial charge < -0.3 is 15.0 Å². The van der Waals surface area contributed by atoms with Crippen LogP contribution in [0, 0.1) is 6.92 Å². The predicted octanol–water partition coefficient (Wildman–Crippen LogP) is 7.44. The summed E-state index contributed by atoms with van der Waals surface area (Å²) in [5.41, 5.74) is 5.74. The summed E-state index contributed by atoms with van der Waals surface area (Å²) < 4.78 is 7.86. The number of thiophene rings is 1. The second-order valence-corrected chi connectivity index (χ2v) is 10.3. The van der Waals surface area contributed by atoms with Crippen LogP contribution in [0.5, 0.6) is 5.75 Å². The van der Waals surface area contributed by atoms with E-state index >= 15 is 0 Å². The van der Waals surface area contributed by atoms with Crippen LogP contribution in [0.1, 0.15) is 29.1 Å². The Labute approximate surface area is 230 Å². The van der Waals surface area contributed by atoms with Crippen LogP contribution in [0.2, 0.25) is 0 Å². The average molecular weight is 531 g/mol. The fourth-order valence-electron chi connectivity index (χ4n) is 5.24. The highest BCUT2D eigenvalue weighted by Gasteiger charge is 2.42. The van der Waals surface area contributed by atoms with Crippen molar-refractivity contribution < 1.29 is 4.74 Å². The third kappa shape index (κ3) is 3.92. The Morgan fingerprint density at radius 1 is 0.897 bits per heavy atom. The van der Waals surface area contributed by atoms with Crippen LogP contribution in [-0.2, 0) is 0 Å². The Morgan fingerprint density at radius 3 is 2.51 bits per heavy atom. The maximum Gasteiger partial charge on any atom is 0.179 e. The van der Waals surface area contributed by atoms with Gasteiger partial charge in [0, 0.05) is 10.4 Å². The largest absolute Gasteiger partial charge is 0.492 e. The van der Waals surface area contributed by atoms with Gasteiger partial charge in [-0.1, -0.05) is 48.5 Å². The van der Waals surface area contributed by atoms with Crippen LogP contribution in [-0.4, -0.2) is 28.1 Å². The first-order valence-electron chi connectivity index (χ1n) is 13.0. The minimum Gasteiger partial charge on any atom is -0.492 e. The summed E-state index contributed by atoms with van der Waals surface area (Å²) in [5, 5.41) is 10.7. The molecule has 0 amide bonds. The van der Waals surface area contributed by atoms with Crippen molar-refractivity contribution in [2.75, 3.05) is 16.8 Å². The molecule has 7 rings (SSSR count). The Bertz CT molecular complexity index is 1720. The van der Waals surface area contributed by atoms with E-state index in [0.29, 0.717) is 12.4 Å². The summed E-state index contributed by atoms with van der Waals surface area (Å²) in [4.78, 5) is 13.9. The molecule has 0 saturated heterocycles. The molecule has 2 aliphatic heterocycles. The van der Waals surface area contributed by atoms with Crippen molar-refractivity contribution in [3.05, 3.63) is 113 Å². The van der Waals surface area contributed by atoms with Crippen LogP contribution in [0.25, 0.3) is 5.69 Å². The van der Waals surface area contributed by atoms with E-state index < -0.39 is 0 Å². The van der Waals surface area contributed by atoms with Crippen LogP contribution < -0.4 is 15.0 Å². The molecule has 7 nitrogen and oxygen atoms in total. The van der Waals surface area contributed by atoms with Crippen LogP contribution >= 0.6 is 11.3 Å². The van der Waals surface area contributed by atoms with Gasteiger partial charge >= 0.3 is 0 Å². The van der Waals surface area contributed by atoms with Gasteiger partial charge in [-0.15, -0.1) is 11.3 Å². The molecule has 3 aromatic carbocycles. The van der Waals surface area contributed by atoms with E-state index in [4.69, 9.17) is 19.8 Å². The fourth-order valence-corrected chi connectivity index (χ4v) is 6.07. The van der Waals surface area contributed by atoms with E-state index in [1.54, 1.807) is 11.3 Å². The van der Waals surface area contributed by atoms with Crippen LogP contribution in [0.3, 0.4) is 0 Å². The highest BCUT2D eigenvalue weighted by molar-refractivity contribution is 7.10. The molecule has 192 valence electrons. The number of hydrogen-bond donors (Lipinski definition) is 1. The molecular formula is C31H26N6OS. The molecule has 1 N–H and O–H groups in total. The maximum absolute atomic E-state index is 5.92. The number of para-hydroxylation sites is 5. The summed E-state index contributed by atoms with van der Waals surface area (Å²) >= 11 is 1.74. The van der Waals surface area contributed by atoms with Crippen molar-refractivity contribution in [3.63, 3.8) is 0 Å². The third-order valence-corrected chi connectivity index (χ3v) is 7.82. The van der Waals surface area contributed by atoms with Gasteiger partial charge in [0.1, 0.15) is 11.8 Å². The van der Waals surface area contributed by atoms with Gasteiger partial charge in [0.25, 0.3) is 0 Å². The van der Waals surface area contributed by atoms with Crippen molar-refractivity contribution >= 4 is 45.9 Å². The Balaban J connectivity index is 1.47. The topological polar surface area (TPSA) is 67.0 Å². The molecule has 0 spiro atoms. The molecule has 0 bridgehead atoms. The zero-order valence-corrected chi connectivity index (χ0v) is 22.4. The summed E-state index contributed by atoms with van der Waals surface area (Å²) in [5.74, 6) is 2.98. The number of ether oxygens (including phenoxy) is 1. The number of fused-ring (bicyclic) bond motifs is 4. The highest BCUT2D eigenvalue weighted by atomic mass is 32.1. The number of rotatable bonds is 5. The lowest BCUT2D eigenvalue weighted by Gasteiger charge is -2.40. The summed E-state index contributed by atoms with van der Waals surface area (Å²) in [7, 11) is 0. The monoisotopic (exact) mass is 530 g/mol. The molecule has 0 fully saturated rings.